The van der Waals surface area contributed by atoms with E-state index in [2.05, 4.69) is 27.4 Å². The van der Waals surface area contributed by atoms with Crippen LogP contribution in [0, 0.1) is 0 Å². The third-order valence-electron chi connectivity index (χ3n) is 4.43. The van der Waals surface area contributed by atoms with Gasteiger partial charge in [-0.15, -0.1) is 24.0 Å². The van der Waals surface area contributed by atoms with Crippen LogP contribution < -0.4 is 10.6 Å². The fourth-order valence-corrected chi connectivity index (χ4v) is 5.91. The number of thioether (sulfide) groups is 1. The zero-order chi connectivity index (χ0) is 18.3. The van der Waals surface area contributed by atoms with Gasteiger partial charge in [0.15, 0.2) is 15.8 Å². The average molecular weight is 518 g/mol. The molecule has 2 N–H and O–H groups in total. The molecule has 152 valence electrons. The number of nitrogens with zero attached hydrogens (tertiary/aromatic N) is 2. The molecule has 0 bridgehead atoms. The van der Waals surface area contributed by atoms with Gasteiger partial charge in [0.1, 0.15) is 0 Å². The molecular formula is C16H31IN4O3S2. The van der Waals surface area contributed by atoms with Crippen molar-refractivity contribution in [3.05, 3.63) is 0 Å². The van der Waals surface area contributed by atoms with Crippen LogP contribution in [0.25, 0.3) is 0 Å². The fourth-order valence-electron chi connectivity index (χ4n) is 3.06. The van der Waals surface area contributed by atoms with E-state index in [1.165, 1.54) is 0 Å². The van der Waals surface area contributed by atoms with Gasteiger partial charge in [-0.25, -0.2) is 8.42 Å². The molecule has 0 spiro atoms. The highest BCUT2D eigenvalue weighted by Crippen LogP contribution is 2.21. The highest BCUT2D eigenvalue weighted by atomic mass is 127. The molecule has 2 saturated heterocycles. The summed E-state index contributed by atoms with van der Waals surface area (Å²) in [7, 11) is -2.97. The summed E-state index contributed by atoms with van der Waals surface area (Å²) in [4.78, 5) is 18.9. The highest BCUT2D eigenvalue weighted by Gasteiger charge is 2.28. The minimum absolute atomic E-state index is 0. The van der Waals surface area contributed by atoms with E-state index >= 15 is 0 Å². The Morgan fingerprint density at radius 3 is 2.73 bits per heavy atom. The average Bonchev–Trinajstić information content (AvgIpc) is 2.92. The number of halogens is 1. The Kier molecular flexibility index (Phi) is 10.6. The first-order chi connectivity index (χ1) is 11.9. The Morgan fingerprint density at radius 2 is 2.12 bits per heavy atom. The lowest BCUT2D eigenvalue weighted by molar-refractivity contribution is -0.121. The Bertz CT molecular complexity index is 586. The van der Waals surface area contributed by atoms with Crippen molar-refractivity contribution in [3.63, 3.8) is 0 Å². The zero-order valence-corrected chi connectivity index (χ0v) is 19.5. The topological polar surface area (TPSA) is 90.9 Å². The first kappa shape index (κ1) is 23.8. The molecule has 0 aromatic heterocycles. The first-order valence-corrected chi connectivity index (χ1v) is 11.9. The molecule has 0 radical (unpaired) electrons. The predicted octanol–water partition coefficient (Wildman–Crippen LogP) is 1.09. The van der Waals surface area contributed by atoms with Crippen LogP contribution in [-0.4, -0.2) is 79.9 Å². The van der Waals surface area contributed by atoms with Crippen LogP contribution in [0.5, 0.6) is 0 Å². The van der Waals surface area contributed by atoms with E-state index in [-0.39, 0.29) is 53.9 Å². The van der Waals surface area contributed by atoms with Gasteiger partial charge in [-0.3, -0.25) is 9.79 Å². The summed E-state index contributed by atoms with van der Waals surface area (Å²) >= 11 is 2.01. The lowest BCUT2D eigenvalue weighted by Crippen LogP contribution is -2.48. The van der Waals surface area contributed by atoms with Crippen LogP contribution in [0.2, 0.25) is 0 Å². The van der Waals surface area contributed by atoms with Crippen molar-refractivity contribution in [3.8, 4) is 0 Å². The number of hydrogen-bond donors (Lipinski definition) is 2. The summed E-state index contributed by atoms with van der Waals surface area (Å²) < 4.78 is 22.9. The molecule has 0 aliphatic carbocycles. The maximum absolute atomic E-state index is 12.0. The maximum Gasteiger partial charge on any atom is 0.222 e. The molecule has 2 fully saturated rings. The van der Waals surface area contributed by atoms with Crippen LogP contribution >= 0.6 is 35.7 Å². The van der Waals surface area contributed by atoms with E-state index in [0.29, 0.717) is 18.2 Å². The summed E-state index contributed by atoms with van der Waals surface area (Å²) in [5.41, 5.74) is 0. The van der Waals surface area contributed by atoms with Gasteiger partial charge in [0, 0.05) is 43.1 Å². The number of aliphatic imine (C=N–C) groups is 1. The van der Waals surface area contributed by atoms with E-state index < -0.39 is 9.84 Å². The summed E-state index contributed by atoms with van der Waals surface area (Å²) in [6.07, 6.45) is 1.95. The second kappa shape index (κ2) is 11.6. The minimum Gasteiger partial charge on any atom is -0.357 e. The van der Waals surface area contributed by atoms with E-state index in [0.717, 1.165) is 37.8 Å². The molecule has 1 amide bonds. The Hall–Kier alpha value is -0.230. The monoisotopic (exact) mass is 518 g/mol. The van der Waals surface area contributed by atoms with Crippen molar-refractivity contribution >= 4 is 57.4 Å². The largest absolute Gasteiger partial charge is 0.357 e. The van der Waals surface area contributed by atoms with Gasteiger partial charge in [0.25, 0.3) is 0 Å². The summed E-state index contributed by atoms with van der Waals surface area (Å²) in [5.74, 6) is 2.08. The maximum atomic E-state index is 12.0. The second-order valence-electron chi connectivity index (χ2n) is 6.50. The van der Waals surface area contributed by atoms with Crippen LogP contribution in [0.4, 0.5) is 0 Å². The Labute approximate surface area is 178 Å². The SMILES string of the molecule is CCNC(=NCCC(=O)NC1CCS(=O)(=O)C1)N1CCSC(CC)C1.I. The molecule has 2 rings (SSSR count). The van der Waals surface area contributed by atoms with Gasteiger partial charge in [0.2, 0.25) is 5.91 Å². The molecule has 2 atom stereocenters. The zero-order valence-electron chi connectivity index (χ0n) is 15.6. The summed E-state index contributed by atoms with van der Waals surface area (Å²) in [6, 6.07) is -0.237. The van der Waals surface area contributed by atoms with Crippen molar-refractivity contribution in [2.24, 2.45) is 4.99 Å². The Morgan fingerprint density at radius 1 is 1.35 bits per heavy atom. The second-order valence-corrected chi connectivity index (χ2v) is 10.1. The molecule has 2 unspecified atom stereocenters. The molecular weight excluding hydrogens is 487 g/mol. The van der Waals surface area contributed by atoms with E-state index in [1.807, 2.05) is 18.7 Å². The van der Waals surface area contributed by atoms with Gasteiger partial charge >= 0.3 is 0 Å². The van der Waals surface area contributed by atoms with Gasteiger partial charge in [-0.05, 0) is 19.8 Å². The number of guanidine groups is 1. The standard InChI is InChI=1S/C16H30N4O3S2.HI/c1-3-14-11-20(8-9-24-14)16(17-4-2)18-7-5-15(21)19-13-6-10-25(22,23)12-13;/h13-14H,3-12H2,1-2H3,(H,17,18)(H,19,21);1H. The van der Waals surface area contributed by atoms with E-state index in [1.54, 1.807) is 0 Å². The normalized spacial score (nSPS) is 25.5. The van der Waals surface area contributed by atoms with Crippen molar-refractivity contribution in [2.75, 3.05) is 43.4 Å². The molecule has 0 saturated carbocycles. The first-order valence-electron chi connectivity index (χ1n) is 9.08. The minimum atomic E-state index is -2.97. The molecule has 0 aromatic carbocycles. The van der Waals surface area contributed by atoms with Crippen LogP contribution in [0.15, 0.2) is 4.99 Å². The van der Waals surface area contributed by atoms with Crippen molar-refractivity contribution in [1.29, 1.82) is 0 Å². The lowest BCUT2D eigenvalue weighted by Gasteiger charge is -2.34. The number of rotatable bonds is 6. The van der Waals surface area contributed by atoms with Gasteiger partial charge in [-0.2, -0.15) is 11.8 Å². The van der Waals surface area contributed by atoms with Crippen molar-refractivity contribution in [1.82, 2.24) is 15.5 Å². The molecule has 2 aliphatic rings. The highest BCUT2D eigenvalue weighted by molar-refractivity contribution is 14.0. The Balaban J connectivity index is 0.00000338. The molecule has 0 aromatic rings. The number of nitrogens with one attached hydrogen (secondary N) is 2. The third kappa shape index (κ3) is 7.79. The van der Waals surface area contributed by atoms with Gasteiger partial charge in [-0.1, -0.05) is 6.92 Å². The van der Waals surface area contributed by atoms with Crippen LogP contribution in [-0.2, 0) is 14.6 Å². The predicted molar refractivity (Wildman–Crippen MR) is 119 cm³/mol. The molecule has 26 heavy (non-hydrogen) atoms. The van der Waals surface area contributed by atoms with Crippen molar-refractivity contribution < 1.29 is 13.2 Å². The van der Waals surface area contributed by atoms with Crippen LogP contribution in [0.3, 0.4) is 0 Å². The molecule has 2 heterocycles. The number of sulfone groups is 1. The number of amides is 1. The van der Waals surface area contributed by atoms with Crippen molar-refractivity contribution in [2.45, 2.75) is 44.4 Å². The quantitative estimate of drug-likeness (QED) is 0.311. The smallest absolute Gasteiger partial charge is 0.222 e. The number of carbonyl (C=O) groups is 1. The summed E-state index contributed by atoms with van der Waals surface area (Å²) in [5, 5.41) is 6.75. The van der Waals surface area contributed by atoms with Crippen LogP contribution in [0.1, 0.15) is 33.1 Å². The van der Waals surface area contributed by atoms with E-state index in [9.17, 15) is 13.2 Å². The van der Waals surface area contributed by atoms with E-state index in [4.69, 9.17) is 0 Å². The molecule has 2 aliphatic heterocycles. The lowest BCUT2D eigenvalue weighted by atomic mass is 10.2. The number of hydrogen-bond acceptors (Lipinski definition) is 5. The fraction of sp³-hybridized carbons (Fsp3) is 0.875. The van der Waals surface area contributed by atoms with Gasteiger partial charge < -0.3 is 15.5 Å². The molecule has 7 nitrogen and oxygen atoms in total. The number of carbonyl (C=O) groups excluding carboxylic acids is 1. The third-order valence-corrected chi connectivity index (χ3v) is 7.57. The summed E-state index contributed by atoms with van der Waals surface area (Å²) in [6.45, 7) is 7.41. The molecule has 10 heteroatoms. The van der Waals surface area contributed by atoms with Gasteiger partial charge in [0.05, 0.1) is 18.1 Å².